The maximum atomic E-state index is 12.8. The Bertz CT molecular complexity index is 885. The predicted molar refractivity (Wildman–Crippen MR) is 104 cm³/mol. The zero-order chi connectivity index (χ0) is 19.5. The lowest BCUT2D eigenvalue weighted by Gasteiger charge is -2.31. The molecule has 2 aliphatic rings. The van der Waals surface area contributed by atoms with Crippen molar-refractivity contribution in [1.82, 2.24) is 4.90 Å². The molecule has 1 fully saturated rings. The molecule has 0 aliphatic carbocycles. The summed E-state index contributed by atoms with van der Waals surface area (Å²) in [7, 11) is 0. The smallest absolute Gasteiger partial charge is 0.271 e. The number of carbonyl (C=O) groups excluding carboxylic acids is 2. The largest absolute Gasteiger partial charge is 0.508 e. The van der Waals surface area contributed by atoms with Crippen molar-refractivity contribution in [3.8, 4) is 5.75 Å². The van der Waals surface area contributed by atoms with Crippen LogP contribution in [-0.2, 0) is 9.63 Å². The van der Waals surface area contributed by atoms with Gasteiger partial charge in [-0.15, -0.1) is 0 Å². The number of likely N-dealkylation sites (tertiary alicyclic amines) is 1. The van der Waals surface area contributed by atoms with Crippen LogP contribution in [0.1, 0.15) is 41.3 Å². The SMILES string of the molecule is O=C(c1ccc(O)cc1)C1CCN(C(=O)C2=NO[C@@H](c3ccccc3)C2)CC1. The Morgan fingerprint density at radius 1 is 1.00 bits per heavy atom. The zero-order valence-electron chi connectivity index (χ0n) is 15.5. The van der Waals surface area contributed by atoms with Crippen LogP contribution in [-0.4, -0.2) is 40.5 Å². The van der Waals surface area contributed by atoms with E-state index in [1.807, 2.05) is 30.3 Å². The third-order valence-electron chi connectivity index (χ3n) is 5.39. The standard InChI is InChI=1S/C22H22N2O4/c25-18-8-6-16(7-9-18)21(26)17-10-12-24(13-11-17)22(27)19-14-20(28-23-19)15-4-2-1-3-5-15/h1-9,17,20,25H,10-14H2/t20-/m1/s1. The number of hydrogen-bond donors (Lipinski definition) is 1. The molecule has 0 saturated carbocycles. The first-order valence-electron chi connectivity index (χ1n) is 9.52. The Hall–Kier alpha value is -3.15. The predicted octanol–water partition coefficient (Wildman–Crippen LogP) is 3.33. The summed E-state index contributed by atoms with van der Waals surface area (Å²) < 4.78 is 0. The minimum Gasteiger partial charge on any atom is -0.508 e. The summed E-state index contributed by atoms with van der Waals surface area (Å²) >= 11 is 0. The molecule has 144 valence electrons. The van der Waals surface area contributed by atoms with E-state index in [0.717, 1.165) is 5.56 Å². The van der Waals surface area contributed by atoms with Crippen LogP contribution in [0.3, 0.4) is 0 Å². The summed E-state index contributed by atoms with van der Waals surface area (Å²) in [5.74, 6) is 0.00417. The number of Topliss-reactive ketones (excluding diaryl/α,β-unsaturated/α-hetero) is 1. The lowest BCUT2D eigenvalue weighted by Crippen LogP contribution is -2.43. The van der Waals surface area contributed by atoms with Crippen molar-refractivity contribution in [2.75, 3.05) is 13.1 Å². The molecule has 1 amide bonds. The highest BCUT2D eigenvalue weighted by atomic mass is 16.6. The summed E-state index contributed by atoms with van der Waals surface area (Å²) in [5.41, 5.74) is 2.05. The minimum absolute atomic E-state index is 0.0674. The van der Waals surface area contributed by atoms with Gasteiger partial charge in [0.05, 0.1) is 0 Å². The molecule has 2 heterocycles. The number of carbonyl (C=O) groups is 2. The van der Waals surface area contributed by atoms with Gasteiger partial charge in [-0.2, -0.15) is 0 Å². The van der Waals surface area contributed by atoms with E-state index in [1.165, 1.54) is 12.1 Å². The highest BCUT2D eigenvalue weighted by Crippen LogP contribution is 2.29. The van der Waals surface area contributed by atoms with Crippen molar-refractivity contribution in [2.24, 2.45) is 11.1 Å². The number of nitrogens with zero attached hydrogens (tertiary/aromatic N) is 2. The van der Waals surface area contributed by atoms with Crippen LogP contribution in [0.2, 0.25) is 0 Å². The van der Waals surface area contributed by atoms with Gasteiger partial charge in [-0.1, -0.05) is 35.5 Å². The van der Waals surface area contributed by atoms with E-state index in [1.54, 1.807) is 17.0 Å². The summed E-state index contributed by atoms with van der Waals surface area (Å²) in [6, 6.07) is 16.1. The molecule has 2 aromatic carbocycles. The summed E-state index contributed by atoms with van der Waals surface area (Å²) in [6.45, 7) is 1.06. The van der Waals surface area contributed by atoms with Gasteiger partial charge in [-0.3, -0.25) is 9.59 Å². The molecule has 6 nitrogen and oxygen atoms in total. The van der Waals surface area contributed by atoms with E-state index < -0.39 is 0 Å². The molecule has 1 N–H and O–H groups in total. The molecule has 4 rings (SSSR count). The fraction of sp³-hybridized carbons (Fsp3) is 0.318. The van der Waals surface area contributed by atoms with Crippen LogP contribution < -0.4 is 0 Å². The topological polar surface area (TPSA) is 79.2 Å². The number of benzene rings is 2. The van der Waals surface area contributed by atoms with Crippen LogP contribution in [0.15, 0.2) is 59.8 Å². The maximum Gasteiger partial charge on any atom is 0.271 e. The first-order chi connectivity index (χ1) is 13.6. The fourth-order valence-electron chi connectivity index (χ4n) is 3.74. The van der Waals surface area contributed by atoms with Crippen molar-refractivity contribution in [1.29, 1.82) is 0 Å². The molecule has 6 heteroatoms. The molecule has 0 spiro atoms. The van der Waals surface area contributed by atoms with Crippen LogP contribution in [0.4, 0.5) is 0 Å². The molecule has 1 atom stereocenters. The average molecular weight is 378 g/mol. The number of hydrogen-bond acceptors (Lipinski definition) is 5. The van der Waals surface area contributed by atoms with Crippen LogP contribution >= 0.6 is 0 Å². The van der Waals surface area contributed by atoms with Gasteiger partial charge in [-0.25, -0.2) is 0 Å². The summed E-state index contributed by atoms with van der Waals surface area (Å²) in [6.07, 6.45) is 1.51. The minimum atomic E-state index is -0.214. The van der Waals surface area contributed by atoms with Gasteiger partial charge in [0.15, 0.2) is 11.9 Å². The molecule has 0 aromatic heterocycles. The van der Waals surface area contributed by atoms with E-state index in [2.05, 4.69) is 5.16 Å². The van der Waals surface area contributed by atoms with Crippen molar-refractivity contribution in [3.05, 3.63) is 65.7 Å². The average Bonchev–Trinajstić information content (AvgIpc) is 3.24. The number of phenolic OH excluding ortho intramolecular Hbond substituents is 1. The first kappa shape index (κ1) is 18.2. The van der Waals surface area contributed by atoms with Crippen molar-refractivity contribution in [3.63, 3.8) is 0 Å². The van der Waals surface area contributed by atoms with E-state index in [-0.39, 0.29) is 29.5 Å². The monoisotopic (exact) mass is 378 g/mol. The van der Waals surface area contributed by atoms with Gasteiger partial charge in [0.25, 0.3) is 5.91 Å². The molecule has 0 bridgehead atoms. The Kier molecular flexibility index (Phi) is 5.10. The molecular formula is C22H22N2O4. The Morgan fingerprint density at radius 3 is 2.36 bits per heavy atom. The van der Waals surface area contributed by atoms with Gasteiger partial charge < -0.3 is 14.8 Å². The second-order valence-electron chi connectivity index (χ2n) is 7.22. The first-order valence-corrected chi connectivity index (χ1v) is 9.52. The van der Waals surface area contributed by atoms with Gasteiger partial charge >= 0.3 is 0 Å². The van der Waals surface area contributed by atoms with Gasteiger partial charge in [0.1, 0.15) is 11.5 Å². The number of phenols is 1. The molecule has 2 aromatic rings. The van der Waals surface area contributed by atoms with E-state index >= 15 is 0 Å². The third-order valence-corrected chi connectivity index (χ3v) is 5.39. The Morgan fingerprint density at radius 2 is 1.68 bits per heavy atom. The Balaban J connectivity index is 1.32. The highest BCUT2D eigenvalue weighted by molar-refractivity contribution is 6.39. The summed E-state index contributed by atoms with van der Waals surface area (Å²) in [5, 5.41) is 13.4. The number of ketones is 1. The molecule has 2 aliphatic heterocycles. The number of rotatable bonds is 4. The Labute approximate surface area is 163 Å². The highest BCUT2D eigenvalue weighted by Gasteiger charge is 2.33. The number of piperidine rings is 1. The second kappa shape index (κ2) is 7.84. The molecule has 28 heavy (non-hydrogen) atoms. The number of aromatic hydroxyl groups is 1. The number of amides is 1. The molecule has 1 saturated heterocycles. The van der Waals surface area contributed by atoms with Crippen LogP contribution in [0, 0.1) is 5.92 Å². The fourth-order valence-corrected chi connectivity index (χ4v) is 3.74. The summed E-state index contributed by atoms with van der Waals surface area (Å²) in [4.78, 5) is 32.6. The van der Waals surface area contributed by atoms with E-state index in [4.69, 9.17) is 4.84 Å². The second-order valence-corrected chi connectivity index (χ2v) is 7.22. The number of oxime groups is 1. The van der Waals surface area contributed by atoms with Gasteiger partial charge in [0, 0.05) is 31.0 Å². The zero-order valence-corrected chi connectivity index (χ0v) is 15.5. The quantitative estimate of drug-likeness (QED) is 0.828. The molecule has 0 unspecified atom stereocenters. The van der Waals surface area contributed by atoms with Crippen LogP contribution in [0.25, 0.3) is 0 Å². The van der Waals surface area contributed by atoms with E-state index in [0.29, 0.717) is 43.6 Å². The van der Waals surface area contributed by atoms with Gasteiger partial charge in [-0.05, 0) is 42.7 Å². The molecule has 0 radical (unpaired) electrons. The van der Waals surface area contributed by atoms with Gasteiger partial charge in [0.2, 0.25) is 0 Å². The third kappa shape index (κ3) is 3.76. The van der Waals surface area contributed by atoms with Crippen molar-refractivity contribution in [2.45, 2.75) is 25.4 Å². The lowest BCUT2D eigenvalue weighted by molar-refractivity contribution is -0.125. The normalized spacial score (nSPS) is 19.8. The maximum absolute atomic E-state index is 12.8. The van der Waals surface area contributed by atoms with E-state index in [9.17, 15) is 14.7 Å². The van der Waals surface area contributed by atoms with Crippen LogP contribution in [0.5, 0.6) is 5.75 Å². The molecular weight excluding hydrogens is 356 g/mol. The van der Waals surface area contributed by atoms with Crippen molar-refractivity contribution < 1.29 is 19.5 Å². The lowest BCUT2D eigenvalue weighted by atomic mass is 9.88. The van der Waals surface area contributed by atoms with Crippen molar-refractivity contribution >= 4 is 17.4 Å².